The number of carbonyl (C=O) groups is 1. The third-order valence-electron chi connectivity index (χ3n) is 3.99. The van der Waals surface area contributed by atoms with Gasteiger partial charge in [0.2, 0.25) is 5.01 Å². The summed E-state index contributed by atoms with van der Waals surface area (Å²) in [5.41, 5.74) is 1.61. The second-order valence-corrected chi connectivity index (χ2v) is 7.38. The van der Waals surface area contributed by atoms with Gasteiger partial charge in [-0.1, -0.05) is 29.5 Å². The first-order valence-electron chi connectivity index (χ1n) is 8.77. The van der Waals surface area contributed by atoms with E-state index in [0.29, 0.717) is 25.4 Å². The van der Waals surface area contributed by atoms with E-state index in [1.807, 2.05) is 38.2 Å². The largest absolute Gasteiger partial charge is 0.492 e. The maximum absolute atomic E-state index is 12.9. The van der Waals surface area contributed by atoms with E-state index in [9.17, 15) is 9.18 Å². The second-order valence-electron chi connectivity index (χ2n) is 6.31. The summed E-state index contributed by atoms with van der Waals surface area (Å²) < 4.78 is 18.7. The van der Waals surface area contributed by atoms with Gasteiger partial charge in [0.05, 0.1) is 6.54 Å². The van der Waals surface area contributed by atoms with Gasteiger partial charge in [-0.2, -0.15) is 0 Å². The van der Waals surface area contributed by atoms with Gasteiger partial charge in [-0.3, -0.25) is 9.69 Å². The number of aryl methyl sites for hydroxylation is 1. The van der Waals surface area contributed by atoms with Gasteiger partial charge < -0.3 is 10.1 Å². The maximum Gasteiger partial charge on any atom is 0.286 e. The molecule has 0 saturated carbocycles. The molecule has 0 spiro atoms. The zero-order chi connectivity index (χ0) is 19.9. The van der Waals surface area contributed by atoms with Crippen LogP contribution < -0.4 is 10.1 Å². The Morgan fingerprint density at radius 2 is 1.93 bits per heavy atom. The van der Waals surface area contributed by atoms with E-state index in [-0.39, 0.29) is 16.7 Å². The smallest absolute Gasteiger partial charge is 0.286 e. The molecule has 0 aliphatic heterocycles. The Morgan fingerprint density at radius 3 is 2.68 bits per heavy atom. The van der Waals surface area contributed by atoms with Crippen molar-refractivity contribution in [1.82, 2.24) is 15.1 Å². The molecule has 1 heterocycles. The number of anilines is 1. The SMILES string of the molecule is Cc1ccccc1OCCN(C)Cc1nnc(C(=O)Nc2ccc(F)cc2)s1. The van der Waals surface area contributed by atoms with Crippen molar-refractivity contribution in [1.29, 1.82) is 0 Å². The van der Waals surface area contributed by atoms with E-state index in [1.54, 1.807) is 0 Å². The molecule has 146 valence electrons. The molecule has 0 fully saturated rings. The number of rotatable bonds is 8. The third-order valence-corrected chi connectivity index (χ3v) is 4.90. The van der Waals surface area contributed by atoms with E-state index >= 15 is 0 Å². The molecule has 1 amide bonds. The first kappa shape index (κ1) is 19.9. The lowest BCUT2D eigenvalue weighted by molar-refractivity contribution is 0.102. The van der Waals surface area contributed by atoms with Gasteiger partial charge in [0.1, 0.15) is 23.2 Å². The number of halogens is 1. The average molecular weight is 400 g/mol. The quantitative estimate of drug-likeness (QED) is 0.624. The molecule has 0 aliphatic rings. The highest BCUT2D eigenvalue weighted by atomic mass is 32.1. The molecule has 0 atom stereocenters. The zero-order valence-electron chi connectivity index (χ0n) is 15.7. The predicted octanol–water partition coefficient (Wildman–Crippen LogP) is 3.75. The molecular weight excluding hydrogens is 379 g/mol. The monoisotopic (exact) mass is 400 g/mol. The molecule has 6 nitrogen and oxygen atoms in total. The summed E-state index contributed by atoms with van der Waals surface area (Å²) in [6.07, 6.45) is 0. The van der Waals surface area contributed by atoms with Crippen molar-refractivity contribution in [3.05, 3.63) is 69.9 Å². The molecule has 0 aliphatic carbocycles. The normalized spacial score (nSPS) is 10.9. The summed E-state index contributed by atoms with van der Waals surface area (Å²) >= 11 is 1.23. The number of nitrogens with zero attached hydrogens (tertiary/aromatic N) is 3. The second kappa shape index (κ2) is 9.38. The molecular formula is C20H21FN4O2S. The van der Waals surface area contributed by atoms with Gasteiger partial charge in [-0.25, -0.2) is 4.39 Å². The number of likely N-dealkylation sites (N-methyl/N-ethyl adjacent to an activating group) is 1. The summed E-state index contributed by atoms with van der Waals surface area (Å²) in [7, 11) is 1.96. The first-order chi connectivity index (χ1) is 13.5. The Labute approximate surface area is 167 Å². The van der Waals surface area contributed by atoms with Gasteiger partial charge >= 0.3 is 0 Å². The van der Waals surface area contributed by atoms with Crippen LogP contribution in [0.25, 0.3) is 0 Å². The average Bonchev–Trinajstić information content (AvgIpc) is 3.14. The molecule has 3 rings (SSSR count). The number of carbonyl (C=O) groups excluding carboxylic acids is 1. The van der Waals surface area contributed by atoms with E-state index in [1.165, 1.54) is 35.6 Å². The highest BCUT2D eigenvalue weighted by Gasteiger charge is 2.14. The predicted molar refractivity (Wildman–Crippen MR) is 107 cm³/mol. The van der Waals surface area contributed by atoms with Crippen LogP contribution in [0.1, 0.15) is 20.4 Å². The number of hydrogen-bond acceptors (Lipinski definition) is 6. The van der Waals surface area contributed by atoms with Crippen LogP contribution in [0.2, 0.25) is 0 Å². The number of hydrogen-bond donors (Lipinski definition) is 1. The molecule has 28 heavy (non-hydrogen) atoms. The van der Waals surface area contributed by atoms with Crippen molar-refractivity contribution in [3.8, 4) is 5.75 Å². The van der Waals surface area contributed by atoms with Crippen molar-refractivity contribution < 1.29 is 13.9 Å². The van der Waals surface area contributed by atoms with Gasteiger partial charge in [-0.05, 0) is 49.9 Å². The van der Waals surface area contributed by atoms with E-state index in [4.69, 9.17) is 4.74 Å². The Bertz CT molecular complexity index is 930. The van der Waals surface area contributed by atoms with Crippen LogP contribution >= 0.6 is 11.3 Å². The molecule has 1 aromatic heterocycles. The minimum atomic E-state index is -0.360. The fourth-order valence-electron chi connectivity index (χ4n) is 2.47. The number of ether oxygens (including phenoxy) is 1. The number of amides is 1. The number of nitrogens with one attached hydrogen (secondary N) is 1. The van der Waals surface area contributed by atoms with E-state index in [0.717, 1.165) is 16.3 Å². The van der Waals surface area contributed by atoms with Crippen LogP contribution in [0, 0.1) is 12.7 Å². The molecule has 1 N–H and O–H groups in total. The summed E-state index contributed by atoms with van der Waals surface area (Å²) in [5.74, 6) is 0.165. The summed E-state index contributed by atoms with van der Waals surface area (Å²) in [6.45, 7) is 3.85. The summed E-state index contributed by atoms with van der Waals surface area (Å²) in [5, 5.41) is 11.7. The fourth-order valence-corrected chi connectivity index (χ4v) is 3.28. The highest BCUT2D eigenvalue weighted by Crippen LogP contribution is 2.17. The standard InChI is InChI=1S/C20H21FN4O2S/c1-14-5-3-4-6-17(14)27-12-11-25(2)13-18-23-24-20(28-18)19(26)22-16-9-7-15(21)8-10-16/h3-10H,11-13H2,1-2H3,(H,22,26). The van der Waals surface area contributed by atoms with Crippen LogP contribution in [0.4, 0.5) is 10.1 Å². The lowest BCUT2D eigenvalue weighted by Gasteiger charge is -2.15. The minimum Gasteiger partial charge on any atom is -0.492 e. The van der Waals surface area contributed by atoms with Crippen LogP contribution in [0.15, 0.2) is 48.5 Å². The number of para-hydroxylation sites is 1. The lowest BCUT2D eigenvalue weighted by atomic mass is 10.2. The minimum absolute atomic E-state index is 0.267. The van der Waals surface area contributed by atoms with E-state index in [2.05, 4.69) is 20.4 Å². The van der Waals surface area contributed by atoms with Gasteiger partial charge in [0, 0.05) is 12.2 Å². The van der Waals surface area contributed by atoms with Crippen LogP contribution in [0.3, 0.4) is 0 Å². The zero-order valence-corrected chi connectivity index (χ0v) is 16.5. The Morgan fingerprint density at radius 1 is 1.18 bits per heavy atom. The summed E-state index contributed by atoms with van der Waals surface area (Å²) in [4.78, 5) is 14.3. The third kappa shape index (κ3) is 5.58. The van der Waals surface area contributed by atoms with Gasteiger partial charge in [0.15, 0.2) is 0 Å². The van der Waals surface area contributed by atoms with Crippen LogP contribution in [0.5, 0.6) is 5.75 Å². The first-order valence-corrected chi connectivity index (χ1v) is 9.59. The number of benzene rings is 2. The molecule has 0 unspecified atom stereocenters. The maximum atomic E-state index is 12.9. The lowest BCUT2D eigenvalue weighted by Crippen LogP contribution is -2.24. The Kier molecular flexibility index (Phi) is 6.67. The molecule has 0 bridgehead atoms. The van der Waals surface area contributed by atoms with Crippen molar-refractivity contribution >= 4 is 22.9 Å². The molecule has 0 radical (unpaired) electrons. The van der Waals surface area contributed by atoms with E-state index < -0.39 is 0 Å². The van der Waals surface area contributed by atoms with Gasteiger partial charge in [-0.15, -0.1) is 10.2 Å². The topological polar surface area (TPSA) is 67.3 Å². The van der Waals surface area contributed by atoms with Gasteiger partial charge in [0.25, 0.3) is 5.91 Å². The van der Waals surface area contributed by atoms with Crippen molar-refractivity contribution in [2.45, 2.75) is 13.5 Å². The highest BCUT2D eigenvalue weighted by molar-refractivity contribution is 7.13. The Hall–Kier alpha value is -2.84. The van der Waals surface area contributed by atoms with Crippen LogP contribution in [-0.4, -0.2) is 41.2 Å². The van der Waals surface area contributed by atoms with Crippen molar-refractivity contribution in [2.24, 2.45) is 0 Å². The molecule has 8 heteroatoms. The summed E-state index contributed by atoms with van der Waals surface area (Å²) in [6, 6.07) is 13.5. The molecule has 3 aromatic rings. The number of aromatic nitrogens is 2. The Balaban J connectivity index is 1.47. The molecule has 0 saturated heterocycles. The van der Waals surface area contributed by atoms with Crippen LogP contribution in [-0.2, 0) is 6.54 Å². The fraction of sp³-hybridized carbons (Fsp3) is 0.250. The van der Waals surface area contributed by atoms with Crippen molar-refractivity contribution in [2.75, 3.05) is 25.5 Å². The van der Waals surface area contributed by atoms with Crippen molar-refractivity contribution in [3.63, 3.8) is 0 Å². The molecule has 2 aromatic carbocycles.